The Hall–Kier alpha value is -1.36. The molecule has 1 unspecified atom stereocenters. The molecule has 1 rings (SSSR count). The van der Waals surface area contributed by atoms with Crippen molar-refractivity contribution in [3.05, 3.63) is 18.2 Å². The lowest BCUT2D eigenvalue weighted by Gasteiger charge is -2.21. The van der Waals surface area contributed by atoms with E-state index < -0.39 is 0 Å². The molecule has 0 aromatic carbocycles. The first-order valence-electron chi connectivity index (χ1n) is 6.46. The highest BCUT2D eigenvalue weighted by Crippen LogP contribution is 2.11. The molecule has 1 aromatic heterocycles. The predicted octanol–water partition coefficient (Wildman–Crippen LogP) is 1.76. The molecule has 1 heterocycles. The van der Waals surface area contributed by atoms with Crippen LogP contribution in [0.25, 0.3) is 0 Å². The van der Waals surface area contributed by atoms with Gasteiger partial charge in [-0.05, 0) is 27.2 Å². The van der Waals surface area contributed by atoms with Gasteiger partial charge in [0.05, 0.1) is 6.04 Å². The number of nitrogens with zero attached hydrogens (tertiary/aromatic N) is 1. The van der Waals surface area contributed by atoms with Crippen molar-refractivity contribution < 1.29 is 4.79 Å². The molecule has 1 aromatic rings. The van der Waals surface area contributed by atoms with E-state index in [9.17, 15) is 4.79 Å². The summed E-state index contributed by atoms with van der Waals surface area (Å²) in [5, 5.41) is 6.28. The quantitative estimate of drug-likeness (QED) is 0.722. The summed E-state index contributed by atoms with van der Waals surface area (Å²) in [4.78, 5) is 19.0. The minimum absolute atomic E-state index is 0.0258. The third kappa shape index (κ3) is 5.31. The van der Waals surface area contributed by atoms with Crippen molar-refractivity contribution in [3.63, 3.8) is 0 Å². The lowest BCUT2D eigenvalue weighted by molar-refractivity contribution is -0.121. The zero-order valence-electron chi connectivity index (χ0n) is 11.7. The molecule has 1 atom stereocenters. The number of H-pyrrole nitrogens is 1. The second kappa shape index (κ2) is 6.54. The second-order valence-electron chi connectivity index (χ2n) is 5.43. The molecule has 0 radical (unpaired) electrons. The average molecular weight is 252 g/mol. The Labute approximate surface area is 109 Å². The molecule has 0 saturated heterocycles. The number of aromatic amines is 1. The van der Waals surface area contributed by atoms with Gasteiger partial charge >= 0.3 is 0 Å². The van der Waals surface area contributed by atoms with Crippen molar-refractivity contribution in [1.82, 2.24) is 20.6 Å². The molecule has 0 aliphatic carbocycles. The molecule has 0 aliphatic rings. The molecule has 0 bridgehead atoms. The van der Waals surface area contributed by atoms with E-state index >= 15 is 0 Å². The maximum atomic E-state index is 11.8. The molecule has 0 saturated carbocycles. The summed E-state index contributed by atoms with van der Waals surface area (Å²) >= 11 is 0. The summed E-state index contributed by atoms with van der Waals surface area (Å²) in [6, 6.07) is -0.0258. The molecule has 1 amide bonds. The summed E-state index contributed by atoms with van der Waals surface area (Å²) < 4.78 is 0. The standard InChI is InChI=1S/C13H24N4O/c1-5-10(12-14-8-9-15-12)17-11(18)6-7-16-13(2,3)4/h8-10,16H,5-7H2,1-4H3,(H,14,15)(H,17,18). The van der Waals surface area contributed by atoms with Crippen LogP contribution >= 0.6 is 0 Å². The third-order valence-corrected chi connectivity index (χ3v) is 2.60. The van der Waals surface area contributed by atoms with E-state index in [1.165, 1.54) is 0 Å². The number of rotatable bonds is 6. The Morgan fingerprint density at radius 1 is 1.50 bits per heavy atom. The average Bonchev–Trinajstić information content (AvgIpc) is 2.77. The highest BCUT2D eigenvalue weighted by Gasteiger charge is 2.15. The fraction of sp³-hybridized carbons (Fsp3) is 0.692. The lowest BCUT2D eigenvalue weighted by atomic mass is 10.1. The van der Waals surface area contributed by atoms with Gasteiger partial charge in [0.15, 0.2) is 0 Å². The first kappa shape index (κ1) is 14.7. The minimum atomic E-state index is -0.0258. The Balaban J connectivity index is 2.35. The smallest absolute Gasteiger partial charge is 0.221 e. The van der Waals surface area contributed by atoms with Crippen molar-refractivity contribution in [3.8, 4) is 0 Å². The van der Waals surface area contributed by atoms with Crippen molar-refractivity contribution >= 4 is 5.91 Å². The van der Waals surface area contributed by atoms with Crippen molar-refractivity contribution in [2.75, 3.05) is 6.54 Å². The van der Waals surface area contributed by atoms with E-state index in [0.29, 0.717) is 13.0 Å². The molecule has 0 aliphatic heterocycles. The molecule has 3 N–H and O–H groups in total. The summed E-state index contributed by atoms with van der Waals surface area (Å²) in [6.07, 6.45) is 4.77. The zero-order chi connectivity index (χ0) is 13.6. The van der Waals surface area contributed by atoms with Crippen molar-refractivity contribution in [2.45, 2.75) is 52.1 Å². The van der Waals surface area contributed by atoms with Gasteiger partial charge in [-0.25, -0.2) is 4.98 Å². The van der Waals surface area contributed by atoms with Gasteiger partial charge in [0.1, 0.15) is 5.82 Å². The van der Waals surface area contributed by atoms with E-state index in [4.69, 9.17) is 0 Å². The van der Waals surface area contributed by atoms with Gasteiger partial charge in [-0.3, -0.25) is 4.79 Å². The predicted molar refractivity (Wildman–Crippen MR) is 72.1 cm³/mol. The number of amides is 1. The first-order chi connectivity index (χ1) is 8.42. The van der Waals surface area contributed by atoms with Crippen molar-refractivity contribution in [2.24, 2.45) is 0 Å². The van der Waals surface area contributed by atoms with Gasteiger partial charge in [-0.15, -0.1) is 0 Å². The topological polar surface area (TPSA) is 69.8 Å². The van der Waals surface area contributed by atoms with Crippen LogP contribution in [0.5, 0.6) is 0 Å². The van der Waals surface area contributed by atoms with E-state index in [2.05, 4.69) is 41.4 Å². The fourth-order valence-electron chi connectivity index (χ4n) is 1.65. The summed E-state index contributed by atoms with van der Waals surface area (Å²) in [6.45, 7) is 8.97. The van der Waals surface area contributed by atoms with Crippen LogP contribution in [-0.2, 0) is 4.79 Å². The van der Waals surface area contributed by atoms with Gasteiger partial charge in [0, 0.05) is 30.9 Å². The van der Waals surface area contributed by atoms with Crippen LogP contribution in [0.4, 0.5) is 0 Å². The molecular formula is C13H24N4O. The molecule has 102 valence electrons. The number of carbonyl (C=O) groups is 1. The van der Waals surface area contributed by atoms with Crippen LogP contribution in [0.15, 0.2) is 12.4 Å². The largest absolute Gasteiger partial charge is 0.347 e. The number of hydrogen-bond acceptors (Lipinski definition) is 3. The lowest BCUT2D eigenvalue weighted by Crippen LogP contribution is -2.39. The second-order valence-corrected chi connectivity index (χ2v) is 5.43. The van der Waals surface area contributed by atoms with Crippen molar-refractivity contribution in [1.29, 1.82) is 0 Å². The SMILES string of the molecule is CCC(NC(=O)CCNC(C)(C)C)c1ncc[nH]1. The Kier molecular flexibility index (Phi) is 5.34. The molecule has 0 spiro atoms. The monoisotopic (exact) mass is 252 g/mol. The molecule has 5 nitrogen and oxygen atoms in total. The van der Waals surface area contributed by atoms with Crippen LogP contribution < -0.4 is 10.6 Å². The number of carbonyl (C=O) groups excluding carboxylic acids is 1. The molecular weight excluding hydrogens is 228 g/mol. The van der Waals surface area contributed by atoms with Crippen LogP contribution in [0.3, 0.4) is 0 Å². The summed E-state index contributed by atoms with van der Waals surface area (Å²) in [5.41, 5.74) is 0.0471. The normalized spacial score (nSPS) is 13.3. The van der Waals surface area contributed by atoms with E-state index in [1.54, 1.807) is 12.4 Å². The van der Waals surface area contributed by atoms with Gasteiger partial charge in [0.2, 0.25) is 5.91 Å². The third-order valence-electron chi connectivity index (χ3n) is 2.60. The Bertz CT molecular complexity index is 354. The fourth-order valence-corrected chi connectivity index (χ4v) is 1.65. The molecule has 5 heteroatoms. The Morgan fingerprint density at radius 2 is 2.22 bits per heavy atom. The van der Waals surface area contributed by atoms with Crippen LogP contribution in [-0.4, -0.2) is 28.0 Å². The number of aromatic nitrogens is 2. The van der Waals surface area contributed by atoms with Gasteiger partial charge < -0.3 is 15.6 Å². The molecule has 18 heavy (non-hydrogen) atoms. The van der Waals surface area contributed by atoms with E-state index in [0.717, 1.165) is 12.2 Å². The van der Waals surface area contributed by atoms with Crippen LogP contribution in [0, 0.1) is 0 Å². The van der Waals surface area contributed by atoms with Gasteiger partial charge in [-0.2, -0.15) is 0 Å². The highest BCUT2D eigenvalue weighted by atomic mass is 16.1. The van der Waals surface area contributed by atoms with E-state index in [1.807, 2.05) is 6.92 Å². The Morgan fingerprint density at radius 3 is 2.72 bits per heavy atom. The van der Waals surface area contributed by atoms with E-state index in [-0.39, 0.29) is 17.5 Å². The highest BCUT2D eigenvalue weighted by molar-refractivity contribution is 5.76. The minimum Gasteiger partial charge on any atom is -0.347 e. The number of hydrogen-bond donors (Lipinski definition) is 3. The maximum absolute atomic E-state index is 11.8. The maximum Gasteiger partial charge on any atom is 0.221 e. The summed E-state index contributed by atoms with van der Waals surface area (Å²) in [7, 11) is 0. The number of imidazole rings is 1. The first-order valence-corrected chi connectivity index (χ1v) is 6.46. The number of nitrogens with one attached hydrogen (secondary N) is 3. The van der Waals surface area contributed by atoms with Crippen LogP contribution in [0.1, 0.15) is 52.4 Å². The summed E-state index contributed by atoms with van der Waals surface area (Å²) in [5.74, 6) is 0.865. The van der Waals surface area contributed by atoms with Gasteiger partial charge in [-0.1, -0.05) is 6.92 Å². The van der Waals surface area contributed by atoms with Gasteiger partial charge in [0.25, 0.3) is 0 Å². The zero-order valence-corrected chi connectivity index (χ0v) is 11.7. The molecule has 0 fully saturated rings. The van der Waals surface area contributed by atoms with Crippen LogP contribution in [0.2, 0.25) is 0 Å².